The number of carbonyl (C=O) groups excluding carboxylic acids is 1. The average molecular weight is 327 g/mol. The largest absolute Gasteiger partial charge is 0.368 e. The Morgan fingerprint density at radius 2 is 1.79 bits per heavy atom. The fraction of sp³-hybridized carbons (Fsp3) is 0.250. The number of primary amides is 1. The van der Waals surface area contributed by atoms with E-state index in [1.165, 1.54) is 6.07 Å². The van der Waals surface area contributed by atoms with Crippen LogP contribution >= 0.6 is 0 Å². The molecule has 2 heterocycles. The van der Waals surface area contributed by atoms with Crippen LogP contribution in [0.3, 0.4) is 0 Å². The van der Waals surface area contributed by atoms with Gasteiger partial charge in [-0.05, 0) is 18.2 Å². The third kappa shape index (κ3) is 3.12. The summed E-state index contributed by atoms with van der Waals surface area (Å²) in [7, 11) is 0. The normalized spacial score (nSPS) is 14.5. The van der Waals surface area contributed by atoms with Gasteiger partial charge in [0.2, 0.25) is 0 Å². The molecule has 0 unspecified atom stereocenters. The van der Waals surface area contributed by atoms with Crippen LogP contribution in [-0.4, -0.2) is 42.0 Å². The summed E-state index contributed by atoms with van der Waals surface area (Å²) in [5, 5.41) is 11.2. The monoisotopic (exact) mass is 327 g/mol. The summed E-state index contributed by atoms with van der Waals surface area (Å²) >= 11 is 0. The van der Waals surface area contributed by atoms with Gasteiger partial charge in [-0.1, -0.05) is 12.1 Å². The molecule has 0 saturated carbocycles. The number of carbonyl (C=O) groups is 1. The van der Waals surface area contributed by atoms with Crippen LogP contribution in [0.5, 0.6) is 0 Å². The molecule has 1 aliphatic rings. The van der Waals surface area contributed by atoms with E-state index in [4.69, 9.17) is 5.73 Å². The molecule has 3 rings (SSSR count). The number of rotatable bonds is 4. The second-order valence-corrected chi connectivity index (χ2v) is 5.48. The fourth-order valence-electron chi connectivity index (χ4n) is 2.84. The van der Waals surface area contributed by atoms with Gasteiger partial charge in [-0.3, -0.25) is 19.9 Å². The molecule has 1 amide bonds. The molecule has 0 aliphatic carbocycles. The summed E-state index contributed by atoms with van der Waals surface area (Å²) in [6, 6.07) is 10.3. The van der Waals surface area contributed by atoms with E-state index in [0.717, 1.165) is 5.69 Å². The van der Waals surface area contributed by atoms with E-state index in [0.29, 0.717) is 31.9 Å². The van der Waals surface area contributed by atoms with Crippen LogP contribution in [0.1, 0.15) is 10.5 Å². The second kappa shape index (κ2) is 6.53. The highest BCUT2D eigenvalue weighted by molar-refractivity contribution is 5.91. The number of pyridine rings is 1. The van der Waals surface area contributed by atoms with Gasteiger partial charge in [0, 0.05) is 44.1 Å². The number of hydrogen-bond acceptors (Lipinski definition) is 6. The molecular weight excluding hydrogens is 310 g/mol. The van der Waals surface area contributed by atoms with E-state index in [2.05, 4.69) is 9.88 Å². The Morgan fingerprint density at radius 1 is 1.12 bits per heavy atom. The second-order valence-electron chi connectivity index (χ2n) is 5.48. The number of amides is 1. The van der Waals surface area contributed by atoms with E-state index in [1.807, 2.05) is 11.0 Å². The van der Waals surface area contributed by atoms with Crippen molar-refractivity contribution in [3.63, 3.8) is 0 Å². The first-order valence-electron chi connectivity index (χ1n) is 7.55. The Hall–Kier alpha value is -3.16. The maximum atomic E-state index is 11.2. The van der Waals surface area contributed by atoms with E-state index < -0.39 is 5.91 Å². The van der Waals surface area contributed by atoms with Gasteiger partial charge in [-0.15, -0.1) is 0 Å². The number of anilines is 2. The molecule has 1 saturated heterocycles. The van der Waals surface area contributed by atoms with Crippen LogP contribution in [-0.2, 0) is 0 Å². The van der Waals surface area contributed by atoms with Crippen molar-refractivity contribution in [2.45, 2.75) is 0 Å². The highest BCUT2D eigenvalue weighted by Gasteiger charge is 2.23. The van der Waals surface area contributed by atoms with Crippen LogP contribution in [0, 0.1) is 10.1 Å². The van der Waals surface area contributed by atoms with Gasteiger partial charge >= 0.3 is 0 Å². The van der Waals surface area contributed by atoms with Crippen molar-refractivity contribution in [2.75, 3.05) is 36.0 Å². The molecule has 0 radical (unpaired) electrons. The average Bonchev–Trinajstić information content (AvgIpc) is 2.62. The summed E-state index contributed by atoms with van der Waals surface area (Å²) in [6.07, 6.45) is 1.56. The lowest BCUT2D eigenvalue weighted by molar-refractivity contribution is -0.384. The summed E-state index contributed by atoms with van der Waals surface area (Å²) in [5.74, 6) is -0.560. The Balaban J connectivity index is 1.74. The third-order valence-corrected chi connectivity index (χ3v) is 4.06. The number of aromatic nitrogens is 1. The SMILES string of the molecule is NC(=O)c1cc(N2CCN(c3ccccc3[N+](=O)[O-])CC2)ccn1. The molecule has 1 aromatic heterocycles. The number of para-hydroxylation sites is 2. The van der Waals surface area contributed by atoms with Crippen molar-refractivity contribution >= 4 is 23.0 Å². The van der Waals surface area contributed by atoms with E-state index >= 15 is 0 Å². The zero-order valence-corrected chi connectivity index (χ0v) is 13.0. The Labute approximate surface area is 138 Å². The molecule has 8 nitrogen and oxygen atoms in total. The lowest BCUT2D eigenvalue weighted by Crippen LogP contribution is -2.46. The molecule has 24 heavy (non-hydrogen) atoms. The highest BCUT2D eigenvalue weighted by Crippen LogP contribution is 2.29. The van der Waals surface area contributed by atoms with Crippen molar-refractivity contribution in [1.29, 1.82) is 0 Å². The lowest BCUT2D eigenvalue weighted by Gasteiger charge is -2.37. The van der Waals surface area contributed by atoms with Crippen molar-refractivity contribution < 1.29 is 9.72 Å². The summed E-state index contributed by atoms with van der Waals surface area (Å²) in [4.78, 5) is 30.1. The number of nitrogens with two attached hydrogens (primary N) is 1. The standard InChI is InChI=1S/C16H17N5O3/c17-16(22)13-11-12(5-6-18-13)19-7-9-20(10-8-19)14-3-1-2-4-15(14)21(23)24/h1-6,11H,7-10H2,(H2,17,22). The maximum absolute atomic E-state index is 11.2. The molecule has 8 heteroatoms. The number of nitrogens with zero attached hydrogens (tertiary/aromatic N) is 4. The number of piperazine rings is 1. The van der Waals surface area contributed by atoms with Crippen LogP contribution in [0.15, 0.2) is 42.6 Å². The topological polar surface area (TPSA) is 106 Å². The van der Waals surface area contributed by atoms with Crippen molar-refractivity contribution in [3.05, 3.63) is 58.4 Å². The first-order chi connectivity index (χ1) is 11.6. The fourth-order valence-corrected chi connectivity index (χ4v) is 2.84. The van der Waals surface area contributed by atoms with Gasteiger partial charge < -0.3 is 15.5 Å². The smallest absolute Gasteiger partial charge is 0.292 e. The van der Waals surface area contributed by atoms with Gasteiger partial charge in [-0.25, -0.2) is 0 Å². The molecule has 0 atom stereocenters. The predicted molar refractivity (Wildman–Crippen MR) is 90.3 cm³/mol. The van der Waals surface area contributed by atoms with Gasteiger partial charge in [0.15, 0.2) is 0 Å². The molecule has 2 aromatic rings. The Morgan fingerprint density at radius 3 is 2.46 bits per heavy atom. The predicted octanol–water partition coefficient (Wildman–Crippen LogP) is 1.42. The van der Waals surface area contributed by atoms with Crippen LogP contribution < -0.4 is 15.5 Å². The quantitative estimate of drug-likeness (QED) is 0.672. The molecular formula is C16H17N5O3. The minimum atomic E-state index is -0.560. The molecule has 0 bridgehead atoms. The van der Waals surface area contributed by atoms with Crippen molar-refractivity contribution in [3.8, 4) is 0 Å². The first-order valence-corrected chi connectivity index (χ1v) is 7.55. The van der Waals surface area contributed by atoms with Crippen LogP contribution in [0.2, 0.25) is 0 Å². The minimum absolute atomic E-state index is 0.117. The molecule has 1 fully saturated rings. The Kier molecular flexibility index (Phi) is 4.28. The van der Waals surface area contributed by atoms with Gasteiger partial charge in [0.1, 0.15) is 11.4 Å². The zero-order chi connectivity index (χ0) is 17.1. The van der Waals surface area contributed by atoms with Crippen molar-refractivity contribution in [2.24, 2.45) is 5.73 Å². The summed E-state index contributed by atoms with van der Waals surface area (Å²) in [6.45, 7) is 2.68. The van der Waals surface area contributed by atoms with E-state index in [1.54, 1.807) is 30.5 Å². The molecule has 0 spiro atoms. The minimum Gasteiger partial charge on any atom is -0.368 e. The number of nitro groups is 1. The van der Waals surface area contributed by atoms with Gasteiger partial charge in [0.25, 0.3) is 11.6 Å². The zero-order valence-electron chi connectivity index (χ0n) is 13.0. The molecule has 1 aromatic carbocycles. The van der Waals surface area contributed by atoms with E-state index in [-0.39, 0.29) is 16.3 Å². The lowest BCUT2D eigenvalue weighted by atomic mass is 10.2. The van der Waals surface area contributed by atoms with Crippen LogP contribution in [0.25, 0.3) is 0 Å². The van der Waals surface area contributed by atoms with E-state index in [9.17, 15) is 14.9 Å². The molecule has 2 N–H and O–H groups in total. The first kappa shape index (κ1) is 15.7. The summed E-state index contributed by atoms with van der Waals surface area (Å²) < 4.78 is 0. The number of hydrogen-bond donors (Lipinski definition) is 1. The highest BCUT2D eigenvalue weighted by atomic mass is 16.6. The number of nitro benzene ring substituents is 1. The maximum Gasteiger partial charge on any atom is 0.292 e. The molecule has 124 valence electrons. The van der Waals surface area contributed by atoms with Gasteiger partial charge in [-0.2, -0.15) is 0 Å². The third-order valence-electron chi connectivity index (χ3n) is 4.06. The van der Waals surface area contributed by atoms with Gasteiger partial charge in [0.05, 0.1) is 4.92 Å². The molecule has 1 aliphatic heterocycles. The Bertz CT molecular complexity index is 772. The summed E-state index contributed by atoms with van der Waals surface area (Å²) in [5.41, 5.74) is 7.12. The number of benzene rings is 1. The van der Waals surface area contributed by atoms with Crippen molar-refractivity contribution in [1.82, 2.24) is 4.98 Å². The van der Waals surface area contributed by atoms with Crippen LogP contribution in [0.4, 0.5) is 17.1 Å².